The lowest BCUT2D eigenvalue weighted by Gasteiger charge is -2.23. The smallest absolute Gasteiger partial charge is 0.0444 e. The van der Waals surface area contributed by atoms with Crippen molar-refractivity contribution in [1.82, 2.24) is 4.98 Å². The number of hydrogen-bond donors (Lipinski definition) is 1. The third-order valence-corrected chi connectivity index (χ3v) is 3.22. The van der Waals surface area contributed by atoms with Gasteiger partial charge < -0.3 is 10.6 Å². The summed E-state index contributed by atoms with van der Waals surface area (Å²) in [6, 6.07) is 10.6. The molecule has 2 rings (SSSR count). The summed E-state index contributed by atoms with van der Waals surface area (Å²) >= 11 is 0. The van der Waals surface area contributed by atoms with Crippen LogP contribution in [-0.2, 0) is 13.1 Å². The number of anilines is 1. The van der Waals surface area contributed by atoms with Crippen LogP contribution in [0.2, 0.25) is 0 Å². The van der Waals surface area contributed by atoms with Crippen molar-refractivity contribution >= 4 is 5.69 Å². The van der Waals surface area contributed by atoms with E-state index in [0.29, 0.717) is 6.54 Å². The summed E-state index contributed by atoms with van der Waals surface area (Å²) in [5.74, 6) is 0. The minimum absolute atomic E-state index is 0.591. The van der Waals surface area contributed by atoms with Crippen molar-refractivity contribution in [3.8, 4) is 0 Å². The standard InChI is InChI=1S/C16H21N3/c1-3-19(12-15-8-13(2)10-18-11-15)16-6-4-14(9-17)5-7-16/h4-8,10-11H,3,9,12,17H2,1-2H3. The molecule has 0 bridgehead atoms. The van der Waals surface area contributed by atoms with Gasteiger partial charge in [0, 0.05) is 37.7 Å². The van der Waals surface area contributed by atoms with Gasteiger partial charge in [0.1, 0.15) is 0 Å². The second kappa shape index (κ2) is 6.34. The first-order valence-corrected chi connectivity index (χ1v) is 6.67. The fourth-order valence-corrected chi connectivity index (χ4v) is 2.15. The molecule has 0 spiro atoms. The molecule has 0 fully saturated rings. The maximum atomic E-state index is 5.63. The minimum Gasteiger partial charge on any atom is -0.367 e. The highest BCUT2D eigenvalue weighted by atomic mass is 15.1. The van der Waals surface area contributed by atoms with E-state index in [-0.39, 0.29) is 0 Å². The van der Waals surface area contributed by atoms with Gasteiger partial charge in [-0.05, 0) is 42.7 Å². The summed E-state index contributed by atoms with van der Waals surface area (Å²) in [5, 5.41) is 0. The highest BCUT2D eigenvalue weighted by Gasteiger charge is 2.05. The van der Waals surface area contributed by atoms with Gasteiger partial charge in [-0.1, -0.05) is 18.2 Å². The molecular formula is C16H21N3. The Morgan fingerprint density at radius 1 is 1.11 bits per heavy atom. The molecule has 0 amide bonds. The lowest BCUT2D eigenvalue weighted by molar-refractivity contribution is 0.826. The lowest BCUT2D eigenvalue weighted by atomic mass is 10.1. The lowest BCUT2D eigenvalue weighted by Crippen LogP contribution is -2.22. The molecule has 3 heteroatoms. The Morgan fingerprint density at radius 3 is 2.42 bits per heavy atom. The van der Waals surface area contributed by atoms with Gasteiger partial charge in [0.05, 0.1) is 0 Å². The molecule has 1 aromatic carbocycles. The van der Waals surface area contributed by atoms with Crippen molar-refractivity contribution < 1.29 is 0 Å². The van der Waals surface area contributed by atoms with Crippen LogP contribution in [0, 0.1) is 6.92 Å². The molecule has 1 aromatic heterocycles. The van der Waals surface area contributed by atoms with Gasteiger partial charge in [-0.25, -0.2) is 0 Å². The molecule has 1 heterocycles. The molecule has 100 valence electrons. The van der Waals surface area contributed by atoms with Gasteiger partial charge in [0.2, 0.25) is 0 Å². The molecule has 3 nitrogen and oxygen atoms in total. The van der Waals surface area contributed by atoms with Crippen LogP contribution in [0.4, 0.5) is 5.69 Å². The summed E-state index contributed by atoms with van der Waals surface area (Å²) < 4.78 is 0. The van der Waals surface area contributed by atoms with Crippen molar-refractivity contribution in [3.63, 3.8) is 0 Å². The zero-order chi connectivity index (χ0) is 13.7. The second-order valence-corrected chi connectivity index (χ2v) is 4.76. The maximum absolute atomic E-state index is 5.63. The van der Waals surface area contributed by atoms with Crippen molar-refractivity contribution in [2.45, 2.75) is 26.9 Å². The predicted molar refractivity (Wildman–Crippen MR) is 80.0 cm³/mol. The van der Waals surface area contributed by atoms with Crippen LogP contribution in [0.25, 0.3) is 0 Å². The number of nitrogens with zero attached hydrogens (tertiary/aromatic N) is 2. The molecule has 0 aliphatic rings. The third-order valence-electron chi connectivity index (χ3n) is 3.22. The number of pyridine rings is 1. The summed E-state index contributed by atoms with van der Waals surface area (Å²) in [4.78, 5) is 6.58. The van der Waals surface area contributed by atoms with Crippen LogP contribution in [0.3, 0.4) is 0 Å². The molecular weight excluding hydrogens is 234 g/mol. The molecule has 2 aromatic rings. The number of nitrogens with two attached hydrogens (primary N) is 1. The van der Waals surface area contributed by atoms with Gasteiger partial charge in [-0.3, -0.25) is 4.98 Å². The maximum Gasteiger partial charge on any atom is 0.0444 e. The van der Waals surface area contributed by atoms with E-state index >= 15 is 0 Å². The summed E-state index contributed by atoms with van der Waals surface area (Å²) in [6.07, 6.45) is 3.82. The topological polar surface area (TPSA) is 42.2 Å². The number of hydrogen-bond acceptors (Lipinski definition) is 3. The summed E-state index contributed by atoms with van der Waals surface area (Å²) in [5.41, 5.74) is 10.5. The Morgan fingerprint density at radius 2 is 1.84 bits per heavy atom. The van der Waals surface area contributed by atoms with E-state index in [1.807, 2.05) is 12.4 Å². The van der Waals surface area contributed by atoms with Crippen LogP contribution in [-0.4, -0.2) is 11.5 Å². The fraction of sp³-hybridized carbons (Fsp3) is 0.312. The van der Waals surface area contributed by atoms with Crippen LogP contribution in [0.15, 0.2) is 42.7 Å². The third kappa shape index (κ3) is 3.55. The zero-order valence-corrected chi connectivity index (χ0v) is 11.6. The Balaban J connectivity index is 2.15. The van der Waals surface area contributed by atoms with Gasteiger partial charge in [-0.2, -0.15) is 0 Å². The molecule has 0 radical (unpaired) electrons. The average molecular weight is 255 g/mol. The van der Waals surface area contributed by atoms with Crippen molar-refractivity contribution in [2.75, 3.05) is 11.4 Å². The Hall–Kier alpha value is -1.87. The monoisotopic (exact) mass is 255 g/mol. The van der Waals surface area contributed by atoms with Crippen molar-refractivity contribution in [2.24, 2.45) is 5.73 Å². The number of aromatic nitrogens is 1. The fourth-order valence-electron chi connectivity index (χ4n) is 2.15. The van der Waals surface area contributed by atoms with Gasteiger partial charge in [0.15, 0.2) is 0 Å². The van der Waals surface area contributed by atoms with Crippen molar-refractivity contribution in [1.29, 1.82) is 0 Å². The van der Waals surface area contributed by atoms with E-state index in [4.69, 9.17) is 5.73 Å². The van der Waals surface area contributed by atoms with Crippen LogP contribution in [0.5, 0.6) is 0 Å². The molecule has 0 atom stereocenters. The largest absolute Gasteiger partial charge is 0.367 e. The highest BCUT2D eigenvalue weighted by Crippen LogP contribution is 2.18. The second-order valence-electron chi connectivity index (χ2n) is 4.76. The average Bonchev–Trinajstić information content (AvgIpc) is 2.45. The summed E-state index contributed by atoms with van der Waals surface area (Å²) in [7, 11) is 0. The Bertz CT molecular complexity index is 520. The Kier molecular flexibility index (Phi) is 4.53. The molecule has 19 heavy (non-hydrogen) atoms. The van der Waals surface area contributed by atoms with Gasteiger partial charge >= 0.3 is 0 Å². The quantitative estimate of drug-likeness (QED) is 0.893. The molecule has 0 saturated carbocycles. The Labute approximate surface area is 115 Å². The van der Waals surface area contributed by atoms with Gasteiger partial charge in [-0.15, -0.1) is 0 Å². The first kappa shape index (κ1) is 13.6. The van der Waals surface area contributed by atoms with E-state index in [1.54, 1.807) is 0 Å². The normalized spacial score (nSPS) is 10.5. The van der Waals surface area contributed by atoms with Crippen LogP contribution in [0.1, 0.15) is 23.6 Å². The first-order chi connectivity index (χ1) is 9.22. The predicted octanol–water partition coefficient (Wildman–Crippen LogP) is 2.88. The minimum atomic E-state index is 0.591. The van der Waals surface area contributed by atoms with E-state index in [0.717, 1.165) is 18.7 Å². The molecule has 0 unspecified atom stereocenters. The molecule has 0 aliphatic carbocycles. The van der Waals surface area contributed by atoms with Crippen LogP contribution >= 0.6 is 0 Å². The van der Waals surface area contributed by atoms with E-state index in [1.165, 1.54) is 16.8 Å². The van der Waals surface area contributed by atoms with Crippen molar-refractivity contribution in [3.05, 3.63) is 59.4 Å². The number of benzene rings is 1. The van der Waals surface area contributed by atoms with Gasteiger partial charge in [0.25, 0.3) is 0 Å². The summed E-state index contributed by atoms with van der Waals surface area (Å²) in [6.45, 7) is 6.68. The van der Waals surface area contributed by atoms with Crippen LogP contribution < -0.4 is 10.6 Å². The van der Waals surface area contributed by atoms with E-state index < -0.39 is 0 Å². The van der Waals surface area contributed by atoms with E-state index in [2.05, 4.69) is 54.1 Å². The molecule has 0 saturated heterocycles. The zero-order valence-electron chi connectivity index (χ0n) is 11.6. The first-order valence-electron chi connectivity index (χ1n) is 6.67. The number of rotatable bonds is 5. The SMILES string of the molecule is CCN(Cc1cncc(C)c1)c1ccc(CN)cc1. The highest BCUT2D eigenvalue weighted by molar-refractivity contribution is 5.48. The van der Waals surface area contributed by atoms with E-state index in [9.17, 15) is 0 Å². The number of aryl methyl sites for hydroxylation is 1. The molecule has 0 aliphatic heterocycles. The molecule has 2 N–H and O–H groups in total.